The van der Waals surface area contributed by atoms with Crippen LogP contribution < -0.4 is 4.74 Å². The highest BCUT2D eigenvalue weighted by Gasteiger charge is 2.11. The Kier molecular flexibility index (Phi) is 3.44. The molecule has 0 unspecified atom stereocenters. The second-order valence-corrected chi connectivity index (χ2v) is 5.08. The van der Waals surface area contributed by atoms with Crippen molar-refractivity contribution in [3.8, 4) is 5.75 Å². The molecule has 0 fully saturated rings. The molecule has 0 atom stereocenters. The molecule has 3 aromatic rings. The van der Waals surface area contributed by atoms with Crippen LogP contribution in [-0.2, 0) is 0 Å². The fourth-order valence-corrected chi connectivity index (χ4v) is 2.52. The van der Waals surface area contributed by atoms with Gasteiger partial charge in [-0.05, 0) is 47.5 Å². The summed E-state index contributed by atoms with van der Waals surface area (Å²) >= 11 is 0. The van der Waals surface area contributed by atoms with Gasteiger partial charge in [-0.25, -0.2) is 0 Å². The van der Waals surface area contributed by atoms with Crippen LogP contribution in [0.15, 0.2) is 60.7 Å². The van der Waals surface area contributed by atoms with Gasteiger partial charge in [0.05, 0.1) is 7.11 Å². The summed E-state index contributed by atoms with van der Waals surface area (Å²) in [5.74, 6) is 0.830. The van der Waals surface area contributed by atoms with E-state index in [1.165, 1.54) is 0 Å². The Morgan fingerprint density at radius 1 is 0.857 bits per heavy atom. The molecule has 0 saturated heterocycles. The first-order chi connectivity index (χ1) is 10.2. The maximum Gasteiger partial charge on any atom is 0.193 e. The van der Waals surface area contributed by atoms with Crippen LogP contribution in [0, 0.1) is 6.92 Å². The molecule has 3 rings (SSSR count). The number of fused-ring (bicyclic) bond motifs is 1. The minimum Gasteiger partial charge on any atom is -0.496 e. The van der Waals surface area contributed by atoms with Gasteiger partial charge in [-0.15, -0.1) is 0 Å². The minimum absolute atomic E-state index is 0.0338. The van der Waals surface area contributed by atoms with Crippen molar-refractivity contribution < 1.29 is 9.53 Å². The second-order valence-electron chi connectivity index (χ2n) is 5.08. The van der Waals surface area contributed by atoms with Crippen molar-refractivity contribution in [2.45, 2.75) is 6.92 Å². The zero-order valence-corrected chi connectivity index (χ0v) is 12.1. The van der Waals surface area contributed by atoms with Crippen molar-refractivity contribution in [2.75, 3.05) is 7.11 Å². The van der Waals surface area contributed by atoms with E-state index in [1.54, 1.807) is 7.11 Å². The molecular formula is C19H16O2. The van der Waals surface area contributed by atoms with Gasteiger partial charge in [-0.3, -0.25) is 4.79 Å². The molecule has 0 aliphatic heterocycles. The predicted molar refractivity (Wildman–Crippen MR) is 85.1 cm³/mol. The normalized spacial score (nSPS) is 10.6. The van der Waals surface area contributed by atoms with Gasteiger partial charge in [0.1, 0.15) is 5.75 Å². The summed E-state index contributed by atoms with van der Waals surface area (Å²) in [5.41, 5.74) is 2.35. The number of benzene rings is 3. The van der Waals surface area contributed by atoms with Gasteiger partial charge in [0.25, 0.3) is 0 Å². The lowest BCUT2D eigenvalue weighted by molar-refractivity contribution is 0.103. The molecule has 0 spiro atoms. The van der Waals surface area contributed by atoms with Gasteiger partial charge < -0.3 is 4.74 Å². The Hall–Kier alpha value is -2.61. The number of ether oxygens (including phenoxy) is 1. The van der Waals surface area contributed by atoms with E-state index in [-0.39, 0.29) is 5.78 Å². The molecule has 104 valence electrons. The summed E-state index contributed by atoms with van der Waals surface area (Å²) in [6, 6.07) is 19.4. The van der Waals surface area contributed by atoms with Gasteiger partial charge in [0.2, 0.25) is 0 Å². The Morgan fingerprint density at radius 3 is 2.24 bits per heavy atom. The highest BCUT2D eigenvalue weighted by molar-refractivity contribution is 6.10. The van der Waals surface area contributed by atoms with Crippen molar-refractivity contribution >= 4 is 16.6 Å². The van der Waals surface area contributed by atoms with E-state index in [0.717, 1.165) is 22.1 Å². The summed E-state index contributed by atoms with van der Waals surface area (Å²) in [4.78, 5) is 12.6. The lowest BCUT2D eigenvalue weighted by atomic mass is 9.99. The number of hydrogen-bond acceptors (Lipinski definition) is 2. The highest BCUT2D eigenvalue weighted by Crippen LogP contribution is 2.22. The Bertz CT molecular complexity index is 819. The van der Waals surface area contributed by atoms with Crippen LogP contribution in [0.25, 0.3) is 10.8 Å². The molecule has 2 heteroatoms. The molecule has 2 nitrogen and oxygen atoms in total. The molecule has 0 radical (unpaired) electrons. The minimum atomic E-state index is 0.0338. The van der Waals surface area contributed by atoms with Gasteiger partial charge in [0, 0.05) is 11.1 Å². The number of aryl methyl sites for hydroxylation is 1. The van der Waals surface area contributed by atoms with E-state index in [2.05, 4.69) is 0 Å². The summed E-state index contributed by atoms with van der Waals surface area (Å²) in [6.07, 6.45) is 0. The van der Waals surface area contributed by atoms with Crippen LogP contribution in [0.5, 0.6) is 5.75 Å². The van der Waals surface area contributed by atoms with Crippen LogP contribution in [0.2, 0.25) is 0 Å². The largest absolute Gasteiger partial charge is 0.496 e. The summed E-state index contributed by atoms with van der Waals surface area (Å²) in [5, 5.41) is 2.22. The summed E-state index contributed by atoms with van der Waals surface area (Å²) in [6.45, 7) is 1.94. The first-order valence-corrected chi connectivity index (χ1v) is 6.87. The fraction of sp³-hybridized carbons (Fsp3) is 0.105. The summed E-state index contributed by atoms with van der Waals surface area (Å²) in [7, 11) is 1.63. The molecule has 3 aromatic carbocycles. The fourth-order valence-electron chi connectivity index (χ4n) is 2.52. The molecule has 0 saturated carbocycles. The van der Waals surface area contributed by atoms with Gasteiger partial charge >= 0.3 is 0 Å². The van der Waals surface area contributed by atoms with Crippen molar-refractivity contribution in [2.24, 2.45) is 0 Å². The van der Waals surface area contributed by atoms with Crippen LogP contribution in [0.1, 0.15) is 21.5 Å². The summed E-state index contributed by atoms with van der Waals surface area (Å²) < 4.78 is 5.23. The SMILES string of the molecule is COc1ccc(C(=O)c2ccc3ccccc3c2)cc1C. The van der Waals surface area contributed by atoms with Crippen LogP contribution >= 0.6 is 0 Å². The third kappa shape index (κ3) is 2.52. The van der Waals surface area contributed by atoms with E-state index < -0.39 is 0 Å². The van der Waals surface area contributed by atoms with Gasteiger partial charge in [-0.1, -0.05) is 36.4 Å². The molecular weight excluding hydrogens is 260 g/mol. The number of hydrogen-bond donors (Lipinski definition) is 0. The Morgan fingerprint density at radius 2 is 1.52 bits per heavy atom. The third-order valence-corrected chi connectivity index (χ3v) is 3.67. The molecule has 21 heavy (non-hydrogen) atoms. The Balaban J connectivity index is 2.01. The molecule has 0 aromatic heterocycles. The van der Waals surface area contributed by atoms with Crippen LogP contribution in [0.4, 0.5) is 0 Å². The van der Waals surface area contributed by atoms with E-state index in [0.29, 0.717) is 11.1 Å². The topological polar surface area (TPSA) is 26.3 Å². The third-order valence-electron chi connectivity index (χ3n) is 3.67. The standard InChI is InChI=1S/C19H16O2/c1-13-11-16(9-10-18(13)21-2)19(20)17-8-7-14-5-3-4-6-15(14)12-17/h3-12H,1-2H3. The zero-order chi connectivity index (χ0) is 14.8. The molecule has 0 N–H and O–H groups in total. The quantitative estimate of drug-likeness (QED) is 0.663. The molecule has 0 aliphatic carbocycles. The number of rotatable bonds is 3. The van der Waals surface area contributed by atoms with Gasteiger partial charge in [0.15, 0.2) is 5.78 Å². The highest BCUT2D eigenvalue weighted by atomic mass is 16.5. The maximum atomic E-state index is 12.6. The van der Waals surface area contributed by atoms with E-state index in [4.69, 9.17) is 4.74 Å². The first-order valence-electron chi connectivity index (χ1n) is 6.87. The van der Waals surface area contributed by atoms with Crippen molar-refractivity contribution in [1.29, 1.82) is 0 Å². The lowest BCUT2D eigenvalue weighted by Gasteiger charge is -2.07. The average molecular weight is 276 g/mol. The van der Waals surface area contributed by atoms with E-state index in [9.17, 15) is 4.79 Å². The van der Waals surface area contributed by atoms with Crippen molar-refractivity contribution in [3.63, 3.8) is 0 Å². The zero-order valence-electron chi connectivity index (χ0n) is 12.1. The second kappa shape index (κ2) is 5.41. The van der Waals surface area contributed by atoms with E-state index in [1.807, 2.05) is 67.6 Å². The average Bonchev–Trinajstić information content (AvgIpc) is 2.53. The number of carbonyl (C=O) groups excluding carboxylic acids is 1. The smallest absolute Gasteiger partial charge is 0.193 e. The van der Waals surface area contributed by atoms with Gasteiger partial charge in [-0.2, -0.15) is 0 Å². The van der Waals surface area contributed by atoms with Crippen molar-refractivity contribution in [1.82, 2.24) is 0 Å². The van der Waals surface area contributed by atoms with Crippen LogP contribution in [-0.4, -0.2) is 12.9 Å². The van der Waals surface area contributed by atoms with E-state index >= 15 is 0 Å². The molecule has 0 bridgehead atoms. The Labute approximate surface area is 124 Å². The first kappa shape index (κ1) is 13.4. The molecule has 0 amide bonds. The monoisotopic (exact) mass is 276 g/mol. The molecule has 0 aliphatic rings. The number of methoxy groups -OCH3 is 1. The van der Waals surface area contributed by atoms with Crippen molar-refractivity contribution in [3.05, 3.63) is 77.4 Å². The van der Waals surface area contributed by atoms with Crippen LogP contribution in [0.3, 0.4) is 0 Å². The molecule has 0 heterocycles. The predicted octanol–water partition coefficient (Wildman–Crippen LogP) is 4.39. The number of ketones is 1. The number of carbonyl (C=O) groups is 1. The maximum absolute atomic E-state index is 12.6. The lowest BCUT2D eigenvalue weighted by Crippen LogP contribution is -2.02.